The Bertz CT molecular complexity index is 1070. The largest absolute Gasteiger partial charge is 0.444 e. The van der Waals surface area contributed by atoms with Crippen LogP contribution in [0.4, 0.5) is 4.79 Å². The normalized spacial score (nSPS) is 32.9. The maximum Gasteiger partial charge on any atom is 0.404 e. The zero-order chi connectivity index (χ0) is 24.5. The van der Waals surface area contributed by atoms with Crippen LogP contribution >= 0.6 is 11.8 Å². The summed E-state index contributed by atoms with van der Waals surface area (Å²) in [5.74, 6) is 0.0271. The van der Waals surface area contributed by atoms with E-state index in [4.69, 9.17) is 19.9 Å². The van der Waals surface area contributed by atoms with E-state index in [1.54, 1.807) is 25.1 Å². The molecule has 2 aromatic rings. The molecule has 0 radical (unpaired) electrons. The number of primary amides is 1. The topological polar surface area (TPSA) is 107 Å². The predicted octanol–water partition coefficient (Wildman–Crippen LogP) is 4.46. The fourth-order valence-electron chi connectivity index (χ4n) is 5.38. The Kier molecular flexibility index (Phi) is 7.24. The molecule has 1 saturated heterocycles. The zero-order valence-electron chi connectivity index (χ0n) is 20.2. The first-order valence-corrected chi connectivity index (χ1v) is 12.7. The molecule has 8 heteroatoms. The number of fused-ring (bicyclic) bond motifs is 1. The summed E-state index contributed by atoms with van der Waals surface area (Å²) < 4.78 is 17.5. The first-order chi connectivity index (χ1) is 16.2. The highest BCUT2D eigenvalue weighted by Gasteiger charge is 2.67. The maximum absolute atomic E-state index is 12.1. The lowest BCUT2D eigenvalue weighted by molar-refractivity contribution is -0.169. The molecule has 0 bridgehead atoms. The molecule has 4 rings (SSSR count). The molecule has 184 valence electrons. The van der Waals surface area contributed by atoms with Crippen molar-refractivity contribution in [3.8, 4) is 0 Å². The van der Waals surface area contributed by atoms with Gasteiger partial charge in [-0.05, 0) is 52.2 Å². The van der Waals surface area contributed by atoms with E-state index in [2.05, 4.69) is 24.9 Å². The lowest BCUT2D eigenvalue weighted by Crippen LogP contribution is -2.61. The number of carbonyl (C=O) groups is 1. The van der Waals surface area contributed by atoms with Gasteiger partial charge >= 0.3 is 6.09 Å². The molecule has 1 aliphatic carbocycles. The molecular weight excluding hydrogens is 452 g/mol. The third-order valence-corrected chi connectivity index (χ3v) is 8.37. The SMILES string of the molecule is COC1C(OC(N)=O)CCC(O)(CSc2cccc3cccnc23)C1C1(C)OC1CC=C(C)C. The van der Waals surface area contributed by atoms with Crippen LogP contribution in [0.2, 0.25) is 0 Å². The molecule has 1 amide bonds. The van der Waals surface area contributed by atoms with E-state index in [0.29, 0.717) is 18.6 Å². The number of nitrogens with zero attached hydrogens (tertiary/aromatic N) is 1. The number of carbonyl (C=O) groups excluding carboxylic acids is 1. The number of thioether (sulfide) groups is 1. The average molecular weight is 487 g/mol. The minimum Gasteiger partial charge on any atom is -0.444 e. The second-order valence-electron chi connectivity index (χ2n) is 9.72. The van der Waals surface area contributed by atoms with Gasteiger partial charge in [0.1, 0.15) is 17.8 Å². The van der Waals surface area contributed by atoms with Crippen molar-refractivity contribution in [2.75, 3.05) is 12.9 Å². The van der Waals surface area contributed by atoms with Crippen molar-refractivity contribution < 1.29 is 24.1 Å². The number of aliphatic hydroxyl groups is 1. The van der Waals surface area contributed by atoms with Crippen LogP contribution in [0.3, 0.4) is 0 Å². The van der Waals surface area contributed by atoms with Crippen molar-refractivity contribution in [2.45, 2.75) is 74.4 Å². The third-order valence-electron chi connectivity index (χ3n) is 7.08. The highest BCUT2D eigenvalue weighted by molar-refractivity contribution is 7.99. The summed E-state index contributed by atoms with van der Waals surface area (Å²) in [6.07, 6.45) is 3.61. The zero-order valence-corrected chi connectivity index (χ0v) is 21.0. The number of ether oxygens (including phenoxy) is 3. The molecule has 6 atom stereocenters. The Hall–Kier alpha value is -2.13. The van der Waals surface area contributed by atoms with Gasteiger partial charge in [-0.15, -0.1) is 11.8 Å². The number of nitrogens with two attached hydrogens (primary N) is 1. The molecule has 34 heavy (non-hydrogen) atoms. The smallest absolute Gasteiger partial charge is 0.404 e. The van der Waals surface area contributed by atoms with Crippen LogP contribution in [0.5, 0.6) is 0 Å². The van der Waals surface area contributed by atoms with Crippen LogP contribution in [0.1, 0.15) is 40.0 Å². The van der Waals surface area contributed by atoms with E-state index in [1.807, 2.05) is 37.3 Å². The van der Waals surface area contributed by atoms with Crippen LogP contribution in [-0.4, -0.2) is 58.6 Å². The number of allylic oxidation sites excluding steroid dienone is 1. The number of para-hydroxylation sites is 1. The fourth-order valence-corrected chi connectivity index (χ4v) is 6.59. The van der Waals surface area contributed by atoms with E-state index < -0.39 is 35.4 Å². The Morgan fingerprint density at radius 2 is 2.12 bits per heavy atom. The number of benzene rings is 1. The lowest BCUT2D eigenvalue weighted by atomic mass is 9.66. The number of aromatic nitrogens is 1. The van der Waals surface area contributed by atoms with Crippen molar-refractivity contribution >= 4 is 28.8 Å². The van der Waals surface area contributed by atoms with Crippen LogP contribution in [0.15, 0.2) is 53.1 Å². The molecule has 1 aromatic carbocycles. The summed E-state index contributed by atoms with van der Waals surface area (Å²) in [5.41, 5.74) is 5.76. The van der Waals surface area contributed by atoms with Gasteiger partial charge in [0.25, 0.3) is 0 Å². The number of epoxide rings is 1. The number of methoxy groups -OCH3 is 1. The van der Waals surface area contributed by atoms with Crippen LogP contribution < -0.4 is 5.73 Å². The second-order valence-corrected chi connectivity index (χ2v) is 10.7. The number of amides is 1. The van der Waals surface area contributed by atoms with Gasteiger partial charge in [-0.3, -0.25) is 4.98 Å². The van der Waals surface area contributed by atoms with Gasteiger partial charge < -0.3 is 25.1 Å². The van der Waals surface area contributed by atoms with Crippen LogP contribution in [0.25, 0.3) is 10.9 Å². The Morgan fingerprint density at radius 1 is 1.35 bits per heavy atom. The minimum absolute atomic E-state index is 0.0480. The van der Waals surface area contributed by atoms with Gasteiger partial charge in [0.15, 0.2) is 0 Å². The third kappa shape index (κ3) is 4.96. The summed E-state index contributed by atoms with van der Waals surface area (Å²) in [5, 5.41) is 13.2. The molecule has 2 aliphatic rings. The first kappa shape index (κ1) is 25.0. The Balaban J connectivity index is 1.63. The van der Waals surface area contributed by atoms with E-state index in [1.165, 1.54) is 5.57 Å². The second kappa shape index (κ2) is 9.85. The molecule has 2 heterocycles. The number of pyridine rings is 1. The monoisotopic (exact) mass is 486 g/mol. The maximum atomic E-state index is 12.1. The molecule has 0 spiro atoms. The molecule has 1 aromatic heterocycles. The Morgan fingerprint density at radius 3 is 2.82 bits per heavy atom. The molecule has 6 unspecified atom stereocenters. The Labute approximate surface area is 205 Å². The summed E-state index contributed by atoms with van der Waals surface area (Å²) >= 11 is 1.58. The van der Waals surface area contributed by atoms with Gasteiger partial charge in [0, 0.05) is 35.3 Å². The van der Waals surface area contributed by atoms with E-state index >= 15 is 0 Å². The summed E-state index contributed by atoms with van der Waals surface area (Å²) in [7, 11) is 1.58. The highest BCUT2D eigenvalue weighted by atomic mass is 32.2. The molecule has 1 aliphatic heterocycles. The molecule has 2 fully saturated rings. The number of rotatable bonds is 8. The summed E-state index contributed by atoms with van der Waals surface area (Å²) in [4.78, 5) is 17.1. The standard InChI is InChI=1S/C26H34N2O5S/c1-16(2)10-11-20-25(3,33-20)23-22(31-4)18(32-24(27)29)12-13-26(23,30)15-34-19-9-5-7-17-8-6-14-28-21(17)19/h5-10,14,18,20,22-23,30H,11-13,15H2,1-4H3,(H2,27,29). The molecule has 1 saturated carbocycles. The highest BCUT2D eigenvalue weighted by Crippen LogP contribution is 2.55. The van der Waals surface area contributed by atoms with Crippen molar-refractivity contribution in [2.24, 2.45) is 11.7 Å². The van der Waals surface area contributed by atoms with Crippen molar-refractivity contribution in [1.82, 2.24) is 4.98 Å². The van der Waals surface area contributed by atoms with E-state index in [0.717, 1.165) is 22.2 Å². The average Bonchev–Trinajstić information content (AvgIpc) is 3.47. The van der Waals surface area contributed by atoms with Crippen LogP contribution in [-0.2, 0) is 14.2 Å². The van der Waals surface area contributed by atoms with Gasteiger partial charge in [-0.25, -0.2) is 4.79 Å². The van der Waals surface area contributed by atoms with Crippen molar-refractivity contribution in [3.63, 3.8) is 0 Å². The number of hydrogen-bond donors (Lipinski definition) is 2. The first-order valence-electron chi connectivity index (χ1n) is 11.7. The number of hydrogen-bond acceptors (Lipinski definition) is 7. The van der Waals surface area contributed by atoms with Gasteiger partial charge in [0.2, 0.25) is 0 Å². The van der Waals surface area contributed by atoms with Gasteiger partial charge in [0.05, 0.1) is 17.2 Å². The van der Waals surface area contributed by atoms with Gasteiger partial charge in [-0.2, -0.15) is 0 Å². The summed E-state index contributed by atoms with van der Waals surface area (Å²) in [6.45, 7) is 6.13. The molecule has 3 N–H and O–H groups in total. The molecular formula is C26H34N2O5S. The van der Waals surface area contributed by atoms with Gasteiger partial charge in [-0.1, -0.05) is 29.8 Å². The minimum atomic E-state index is -1.10. The lowest BCUT2D eigenvalue weighted by Gasteiger charge is -2.48. The van der Waals surface area contributed by atoms with Crippen LogP contribution in [0, 0.1) is 5.92 Å². The fraction of sp³-hybridized carbons (Fsp3) is 0.538. The van der Waals surface area contributed by atoms with Crippen molar-refractivity contribution in [1.29, 1.82) is 0 Å². The summed E-state index contributed by atoms with van der Waals surface area (Å²) in [6, 6.07) is 10.0. The van der Waals surface area contributed by atoms with E-state index in [-0.39, 0.29) is 6.10 Å². The van der Waals surface area contributed by atoms with Crippen molar-refractivity contribution in [3.05, 3.63) is 48.2 Å². The quantitative estimate of drug-likeness (QED) is 0.322. The van der Waals surface area contributed by atoms with E-state index in [9.17, 15) is 9.90 Å². The predicted molar refractivity (Wildman–Crippen MR) is 133 cm³/mol. The molecule has 7 nitrogen and oxygen atoms in total.